The molecule has 1 aromatic carbocycles. The Morgan fingerprint density at radius 1 is 1.29 bits per heavy atom. The number of non-ortho nitro benzene ring substituents is 1. The van der Waals surface area contributed by atoms with E-state index in [9.17, 15) is 23.3 Å². The average molecular weight is 251 g/mol. The van der Waals surface area contributed by atoms with Crippen molar-refractivity contribution in [3.63, 3.8) is 0 Å². The number of nitrogens with zero attached hydrogens (tertiary/aromatic N) is 1. The fourth-order valence-corrected chi connectivity index (χ4v) is 1.05. The Morgan fingerprint density at radius 2 is 1.88 bits per heavy atom. The summed E-state index contributed by atoms with van der Waals surface area (Å²) in [6.45, 7) is 0. The molecule has 0 saturated heterocycles. The molecule has 0 aromatic heterocycles. The van der Waals surface area contributed by atoms with Crippen LogP contribution >= 0.6 is 0 Å². The predicted octanol–water partition coefficient (Wildman–Crippen LogP) is 0.173. The summed E-state index contributed by atoms with van der Waals surface area (Å²) in [4.78, 5) is 9.42. The Hall–Kier alpha value is -1.81. The van der Waals surface area contributed by atoms with Crippen molar-refractivity contribution in [3.05, 3.63) is 28.3 Å². The largest absolute Gasteiger partial charge is 0.573 e. The van der Waals surface area contributed by atoms with Gasteiger partial charge in [-0.1, -0.05) is 0 Å². The Morgan fingerprint density at radius 3 is 2.29 bits per heavy atom. The van der Waals surface area contributed by atoms with Crippen molar-refractivity contribution in [2.45, 2.75) is 6.36 Å². The third-order valence-corrected chi connectivity index (χ3v) is 1.66. The van der Waals surface area contributed by atoms with E-state index in [4.69, 9.17) is 10.0 Å². The summed E-state index contributed by atoms with van der Waals surface area (Å²) < 4.78 is 39.1. The quantitative estimate of drug-likeness (QED) is 0.453. The number of benzene rings is 1. The van der Waals surface area contributed by atoms with Gasteiger partial charge in [0.15, 0.2) is 0 Å². The maximum Gasteiger partial charge on any atom is 0.573 e. The van der Waals surface area contributed by atoms with E-state index < -0.39 is 35.3 Å². The third kappa shape index (κ3) is 3.92. The highest BCUT2D eigenvalue weighted by Crippen LogP contribution is 2.25. The molecule has 0 heterocycles. The molecule has 0 unspecified atom stereocenters. The van der Waals surface area contributed by atoms with E-state index in [1.165, 1.54) is 0 Å². The summed E-state index contributed by atoms with van der Waals surface area (Å²) in [5.74, 6) is -0.894. The van der Waals surface area contributed by atoms with Gasteiger partial charge in [-0.05, 0) is 11.5 Å². The summed E-state index contributed by atoms with van der Waals surface area (Å²) >= 11 is 0. The second-order valence-electron chi connectivity index (χ2n) is 2.94. The van der Waals surface area contributed by atoms with Crippen molar-refractivity contribution in [1.29, 1.82) is 0 Å². The Bertz CT molecular complexity index is 436. The molecule has 10 heteroatoms. The molecule has 0 bridgehead atoms. The molecule has 1 aromatic rings. The van der Waals surface area contributed by atoms with Gasteiger partial charge in [-0.2, -0.15) is 0 Å². The molecular formula is C7H5BF3NO5. The molecule has 0 atom stereocenters. The maximum absolute atomic E-state index is 11.9. The number of nitro benzene ring substituents is 1. The fraction of sp³-hybridized carbons (Fsp3) is 0.143. The molecule has 6 nitrogen and oxygen atoms in total. The molecule has 2 N–H and O–H groups in total. The van der Waals surface area contributed by atoms with Crippen LogP contribution in [0.4, 0.5) is 18.9 Å². The van der Waals surface area contributed by atoms with E-state index in [2.05, 4.69) is 4.74 Å². The molecule has 0 saturated carbocycles. The summed E-state index contributed by atoms with van der Waals surface area (Å²) in [5.41, 5.74) is -1.21. The monoisotopic (exact) mass is 251 g/mol. The first-order valence-corrected chi connectivity index (χ1v) is 4.10. The van der Waals surface area contributed by atoms with Gasteiger partial charge in [0.1, 0.15) is 5.75 Å². The summed E-state index contributed by atoms with van der Waals surface area (Å²) in [6.07, 6.45) is -5.02. The minimum absolute atomic E-state index is 0.474. The highest BCUT2D eigenvalue weighted by molar-refractivity contribution is 6.58. The van der Waals surface area contributed by atoms with Gasteiger partial charge in [-0.15, -0.1) is 13.2 Å². The lowest BCUT2D eigenvalue weighted by atomic mass is 9.80. The van der Waals surface area contributed by atoms with E-state index in [1.54, 1.807) is 0 Å². The zero-order valence-electron chi connectivity index (χ0n) is 8.01. The van der Waals surface area contributed by atoms with Gasteiger partial charge in [0.05, 0.1) is 11.0 Å². The van der Waals surface area contributed by atoms with Crippen LogP contribution in [0.1, 0.15) is 0 Å². The van der Waals surface area contributed by atoms with Gasteiger partial charge in [0.2, 0.25) is 0 Å². The number of rotatable bonds is 3. The lowest BCUT2D eigenvalue weighted by Gasteiger charge is -2.09. The van der Waals surface area contributed by atoms with Crippen LogP contribution in [0.2, 0.25) is 0 Å². The van der Waals surface area contributed by atoms with Crippen LogP contribution in [0, 0.1) is 10.1 Å². The van der Waals surface area contributed by atoms with Crippen molar-refractivity contribution in [3.8, 4) is 5.75 Å². The highest BCUT2D eigenvalue weighted by Gasteiger charge is 2.32. The average Bonchev–Trinajstić information content (AvgIpc) is 2.14. The fourth-order valence-electron chi connectivity index (χ4n) is 1.05. The van der Waals surface area contributed by atoms with Crippen molar-refractivity contribution in [2.24, 2.45) is 0 Å². The minimum atomic E-state index is -5.02. The number of halogens is 3. The molecule has 0 aliphatic heterocycles. The van der Waals surface area contributed by atoms with Gasteiger partial charge in [0, 0.05) is 6.07 Å². The number of alkyl halides is 3. The van der Waals surface area contributed by atoms with Gasteiger partial charge in [0.25, 0.3) is 5.69 Å². The third-order valence-electron chi connectivity index (χ3n) is 1.66. The molecule has 92 valence electrons. The molecule has 17 heavy (non-hydrogen) atoms. The smallest absolute Gasteiger partial charge is 0.423 e. The van der Waals surface area contributed by atoms with Crippen molar-refractivity contribution in [2.75, 3.05) is 0 Å². The van der Waals surface area contributed by atoms with E-state index in [-0.39, 0.29) is 0 Å². The summed E-state index contributed by atoms with van der Waals surface area (Å²) in [7, 11) is -2.13. The minimum Gasteiger partial charge on any atom is -0.423 e. The van der Waals surface area contributed by atoms with E-state index in [0.29, 0.717) is 12.1 Å². The second kappa shape index (κ2) is 4.59. The number of hydrogen-bond donors (Lipinski definition) is 2. The van der Waals surface area contributed by atoms with E-state index in [0.717, 1.165) is 6.07 Å². The lowest BCUT2D eigenvalue weighted by Crippen LogP contribution is -2.30. The molecule has 0 aliphatic carbocycles. The number of ether oxygens (including phenoxy) is 1. The van der Waals surface area contributed by atoms with Crippen LogP contribution in [-0.4, -0.2) is 28.5 Å². The first kappa shape index (κ1) is 13.3. The Labute approximate surface area is 92.5 Å². The zero-order valence-corrected chi connectivity index (χ0v) is 8.01. The highest BCUT2D eigenvalue weighted by atomic mass is 19.4. The first-order chi connectivity index (χ1) is 7.69. The van der Waals surface area contributed by atoms with Gasteiger partial charge < -0.3 is 14.8 Å². The van der Waals surface area contributed by atoms with Crippen LogP contribution in [0.25, 0.3) is 0 Å². The normalized spacial score (nSPS) is 11.1. The second-order valence-corrected chi connectivity index (χ2v) is 2.94. The van der Waals surface area contributed by atoms with Gasteiger partial charge >= 0.3 is 13.5 Å². The summed E-state index contributed by atoms with van der Waals surface area (Å²) in [5, 5.41) is 27.9. The summed E-state index contributed by atoms with van der Waals surface area (Å²) in [6, 6.07) is 1.90. The molecule has 0 aliphatic rings. The molecule has 1 rings (SSSR count). The predicted molar refractivity (Wildman–Crippen MR) is 49.6 cm³/mol. The lowest BCUT2D eigenvalue weighted by molar-refractivity contribution is -0.385. The van der Waals surface area contributed by atoms with E-state index >= 15 is 0 Å². The van der Waals surface area contributed by atoms with Crippen LogP contribution in [0.15, 0.2) is 18.2 Å². The van der Waals surface area contributed by atoms with Crippen molar-refractivity contribution in [1.82, 2.24) is 0 Å². The van der Waals surface area contributed by atoms with Gasteiger partial charge in [-0.3, -0.25) is 10.1 Å². The van der Waals surface area contributed by atoms with Crippen LogP contribution in [-0.2, 0) is 0 Å². The SMILES string of the molecule is O=[N+]([O-])c1cc(OC(F)(F)F)cc(B(O)O)c1. The number of nitro groups is 1. The first-order valence-electron chi connectivity index (χ1n) is 4.10. The Balaban J connectivity index is 3.17. The number of hydrogen-bond acceptors (Lipinski definition) is 5. The maximum atomic E-state index is 11.9. The van der Waals surface area contributed by atoms with E-state index in [1.807, 2.05) is 0 Å². The molecule has 0 fully saturated rings. The zero-order chi connectivity index (χ0) is 13.2. The van der Waals surface area contributed by atoms with Crippen molar-refractivity contribution >= 4 is 18.3 Å². The van der Waals surface area contributed by atoms with Crippen molar-refractivity contribution < 1.29 is 32.9 Å². The van der Waals surface area contributed by atoms with Crippen LogP contribution in [0.5, 0.6) is 5.75 Å². The van der Waals surface area contributed by atoms with Crippen LogP contribution < -0.4 is 10.2 Å². The molecular weight excluding hydrogens is 246 g/mol. The topological polar surface area (TPSA) is 92.8 Å². The van der Waals surface area contributed by atoms with Crippen LogP contribution in [0.3, 0.4) is 0 Å². The molecule has 0 radical (unpaired) electrons. The standard InChI is InChI=1S/C7H5BF3NO5/c9-7(10,11)17-6-2-4(8(13)14)1-5(3-6)12(15)16/h1-3,13-14H. The molecule has 0 spiro atoms. The van der Waals surface area contributed by atoms with Gasteiger partial charge in [-0.25, -0.2) is 0 Å². The Kier molecular flexibility index (Phi) is 3.58. The molecule has 0 amide bonds.